The summed E-state index contributed by atoms with van der Waals surface area (Å²) in [6.45, 7) is 4.86. The monoisotopic (exact) mass is 379 g/mol. The normalized spacial score (nSPS) is 20.4. The summed E-state index contributed by atoms with van der Waals surface area (Å²) in [5, 5.41) is 3.40. The van der Waals surface area contributed by atoms with Gasteiger partial charge in [-0.25, -0.2) is 13.8 Å². The van der Waals surface area contributed by atoms with E-state index in [4.69, 9.17) is 9.15 Å². The molecule has 0 aliphatic carbocycles. The molecule has 1 aromatic carbocycles. The molecule has 0 spiro atoms. The van der Waals surface area contributed by atoms with E-state index in [1.165, 1.54) is 6.26 Å². The first-order valence-electron chi connectivity index (χ1n) is 8.62. The van der Waals surface area contributed by atoms with Crippen molar-refractivity contribution in [1.29, 1.82) is 0 Å². The predicted octanol–water partition coefficient (Wildman–Crippen LogP) is 1.43. The lowest BCUT2D eigenvalue weighted by molar-refractivity contribution is 0.302. The fourth-order valence-electron chi connectivity index (χ4n) is 2.96. The zero-order valence-corrected chi connectivity index (χ0v) is 15.8. The van der Waals surface area contributed by atoms with Crippen molar-refractivity contribution in [3.05, 3.63) is 47.9 Å². The van der Waals surface area contributed by atoms with Crippen LogP contribution in [0.25, 0.3) is 0 Å². The summed E-state index contributed by atoms with van der Waals surface area (Å²) in [6, 6.07) is 10.6. The lowest BCUT2D eigenvalue weighted by Gasteiger charge is -2.17. The molecular weight excluding hydrogens is 354 g/mol. The predicted molar refractivity (Wildman–Crippen MR) is 98.7 cm³/mol. The molecule has 0 bridgehead atoms. The molecule has 1 aliphatic rings. The molecule has 0 saturated carbocycles. The van der Waals surface area contributed by atoms with E-state index in [-0.39, 0.29) is 6.04 Å². The van der Waals surface area contributed by atoms with Gasteiger partial charge in [-0.3, -0.25) is 5.43 Å². The molecule has 1 aromatic heterocycles. The Hall–Kier alpha value is -1.87. The maximum absolute atomic E-state index is 11.4. The topological polar surface area (TPSA) is 92.6 Å². The van der Waals surface area contributed by atoms with E-state index in [9.17, 15) is 8.42 Å². The Morgan fingerprint density at radius 1 is 1.23 bits per heavy atom. The van der Waals surface area contributed by atoms with Crippen LogP contribution in [0.5, 0.6) is 5.75 Å². The van der Waals surface area contributed by atoms with E-state index < -0.39 is 9.84 Å². The van der Waals surface area contributed by atoms with Gasteiger partial charge in [0.25, 0.3) is 0 Å². The van der Waals surface area contributed by atoms with Gasteiger partial charge in [0.2, 0.25) is 0 Å². The third kappa shape index (κ3) is 4.85. The van der Waals surface area contributed by atoms with Crippen molar-refractivity contribution in [3.8, 4) is 5.75 Å². The summed E-state index contributed by atoms with van der Waals surface area (Å²) in [4.78, 5) is 0.295. The quantitative estimate of drug-likeness (QED) is 0.598. The first-order valence-corrected chi connectivity index (χ1v) is 10.5. The molecule has 8 heteroatoms. The fourth-order valence-corrected chi connectivity index (χ4v) is 3.59. The van der Waals surface area contributed by atoms with Crippen molar-refractivity contribution >= 4 is 9.84 Å². The van der Waals surface area contributed by atoms with E-state index in [0.29, 0.717) is 29.7 Å². The Labute approximate surface area is 154 Å². The third-order valence-electron chi connectivity index (χ3n) is 4.37. The zero-order chi connectivity index (χ0) is 18.6. The van der Waals surface area contributed by atoms with Crippen LogP contribution in [0.4, 0.5) is 0 Å². The second-order valence-corrected chi connectivity index (χ2v) is 8.52. The second kappa shape index (κ2) is 8.22. The lowest BCUT2D eigenvalue weighted by atomic mass is 10.00. The average molecular weight is 379 g/mol. The Morgan fingerprint density at radius 2 is 2.00 bits per heavy atom. The minimum absolute atomic E-state index is 0.153. The molecule has 1 aliphatic heterocycles. The van der Waals surface area contributed by atoms with Gasteiger partial charge >= 0.3 is 0 Å². The molecular formula is C18H25N3O4S. The number of nitrogens with one attached hydrogen (secondary N) is 3. The van der Waals surface area contributed by atoms with Crippen LogP contribution in [0.3, 0.4) is 0 Å². The summed E-state index contributed by atoms with van der Waals surface area (Å²) < 4.78 is 34.2. The molecule has 1 saturated heterocycles. The maximum Gasteiger partial charge on any atom is 0.175 e. The van der Waals surface area contributed by atoms with Crippen LogP contribution in [-0.4, -0.2) is 40.9 Å². The van der Waals surface area contributed by atoms with Crippen molar-refractivity contribution in [2.45, 2.75) is 17.9 Å². The van der Waals surface area contributed by atoms with E-state index >= 15 is 0 Å². The number of benzene rings is 1. The number of ether oxygens (including phenoxy) is 1. The highest BCUT2D eigenvalue weighted by atomic mass is 32.2. The second-order valence-electron chi connectivity index (χ2n) is 6.51. The molecule has 0 radical (unpaired) electrons. The van der Waals surface area contributed by atoms with E-state index in [1.54, 1.807) is 24.3 Å². The minimum Gasteiger partial charge on any atom is -0.492 e. The summed E-state index contributed by atoms with van der Waals surface area (Å²) >= 11 is 0. The van der Waals surface area contributed by atoms with Gasteiger partial charge in [-0.2, -0.15) is 0 Å². The fraction of sp³-hybridized carbons (Fsp3) is 0.444. The van der Waals surface area contributed by atoms with E-state index in [1.807, 2.05) is 19.1 Å². The van der Waals surface area contributed by atoms with Gasteiger partial charge in [0.05, 0.1) is 10.9 Å². The van der Waals surface area contributed by atoms with Crippen LogP contribution in [0, 0.1) is 12.8 Å². The zero-order valence-electron chi connectivity index (χ0n) is 15.0. The highest BCUT2D eigenvalue weighted by molar-refractivity contribution is 7.90. The Bertz CT molecular complexity index is 817. The lowest BCUT2D eigenvalue weighted by Crippen LogP contribution is -2.31. The molecule has 142 valence electrons. The van der Waals surface area contributed by atoms with Crippen molar-refractivity contribution in [1.82, 2.24) is 16.2 Å². The molecule has 2 atom stereocenters. The summed E-state index contributed by atoms with van der Waals surface area (Å²) in [5.74, 6) is 2.90. The number of rotatable bonds is 8. The number of hydrogen-bond acceptors (Lipinski definition) is 7. The van der Waals surface area contributed by atoms with Crippen molar-refractivity contribution in [3.63, 3.8) is 0 Å². The summed E-state index contributed by atoms with van der Waals surface area (Å²) in [5.41, 5.74) is 6.44. The number of hydrazine groups is 1. The third-order valence-corrected chi connectivity index (χ3v) is 5.50. The van der Waals surface area contributed by atoms with Crippen LogP contribution in [-0.2, 0) is 9.84 Å². The van der Waals surface area contributed by atoms with Crippen molar-refractivity contribution in [2.24, 2.45) is 5.92 Å². The SMILES string of the molecule is Cc1ccc(C2NNCC2CNCCOc2ccc(S(C)(=O)=O)cc2)o1. The molecule has 7 nitrogen and oxygen atoms in total. The molecule has 2 heterocycles. The Kier molecular flexibility index (Phi) is 5.98. The van der Waals surface area contributed by atoms with Crippen molar-refractivity contribution in [2.75, 3.05) is 32.5 Å². The number of furan rings is 1. The highest BCUT2D eigenvalue weighted by Crippen LogP contribution is 2.25. The molecule has 0 amide bonds. The van der Waals surface area contributed by atoms with Gasteiger partial charge in [0.15, 0.2) is 9.84 Å². The van der Waals surface area contributed by atoms with Gasteiger partial charge in [-0.05, 0) is 43.3 Å². The minimum atomic E-state index is -3.17. The maximum atomic E-state index is 11.4. The highest BCUT2D eigenvalue weighted by Gasteiger charge is 2.30. The largest absolute Gasteiger partial charge is 0.492 e. The molecule has 3 N–H and O–H groups in total. The van der Waals surface area contributed by atoms with E-state index in [0.717, 1.165) is 24.6 Å². The van der Waals surface area contributed by atoms with Gasteiger partial charge in [0.1, 0.15) is 23.9 Å². The van der Waals surface area contributed by atoms with Gasteiger partial charge < -0.3 is 14.5 Å². The number of aryl methyl sites for hydroxylation is 1. The van der Waals surface area contributed by atoms with Gasteiger partial charge in [0, 0.05) is 31.8 Å². The summed E-state index contributed by atoms with van der Waals surface area (Å²) in [6.07, 6.45) is 1.19. The van der Waals surface area contributed by atoms with Crippen LogP contribution in [0.1, 0.15) is 17.6 Å². The molecule has 2 aromatic rings. The molecule has 2 unspecified atom stereocenters. The van der Waals surface area contributed by atoms with Crippen LogP contribution in [0.2, 0.25) is 0 Å². The van der Waals surface area contributed by atoms with Gasteiger partial charge in [-0.1, -0.05) is 0 Å². The Balaban J connectivity index is 1.40. The van der Waals surface area contributed by atoms with Crippen LogP contribution >= 0.6 is 0 Å². The van der Waals surface area contributed by atoms with Gasteiger partial charge in [-0.15, -0.1) is 0 Å². The Morgan fingerprint density at radius 3 is 2.65 bits per heavy atom. The summed E-state index contributed by atoms with van der Waals surface area (Å²) in [7, 11) is -3.17. The smallest absolute Gasteiger partial charge is 0.175 e. The van der Waals surface area contributed by atoms with Crippen molar-refractivity contribution < 1.29 is 17.6 Å². The number of hydrogen-bond donors (Lipinski definition) is 3. The molecule has 3 rings (SSSR count). The van der Waals surface area contributed by atoms with Crippen LogP contribution < -0.4 is 20.9 Å². The first kappa shape index (κ1) is 18.9. The van der Waals surface area contributed by atoms with E-state index in [2.05, 4.69) is 16.2 Å². The van der Waals surface area contributed by atoms with Crippen LogP contribution in [0.15, 0.2) is 45.7 Å². The standard InChI is InChI=1S/C18H25N3O4S/c1-13-3-8-17(25-13)18-14(12-20-21-18)11-19-9-10-24-15-4-6-16(7-5-15)26(2,22)23/h3-8,14,18-21H,9-12H2,1-2H3. The molecule has 1 fully saturated rings. The number of sulfone groups is 1. The average Bonchev–Trinajstić information content (AvgIpc) is 3.23. The molecule has 26 heavy (non-hydrogen) atoms. The first-order chi connectivity index (χ1) is 12.4.